The molecule has 0 aliphatic heterocycles. The molecule has 0 fully saturated rings. The largest absolute Gasteiger partial charge is 0.472 e. The van der Waals surface area contributed by atoms with Crippen LogP contribution in [0.15, 0.2) is 0 Å². The van der Waals surface area contributed by atoms with Crippen LogP contribution in [0, 0.1) is 0 Å². The number of carbonyl (C=O) groups is 2. The first kappa shape index (κ1) is 55.0. The van der Waals surface area contributed by atoms with E-state index in [0.29, 0.717) is 23.9 Å². The van der Waals surface area contributed by atoms with E-state index in [1.807, 2.05) is 21.1 Å². The zero-order valence-electron chi connectivity index (χ0n) is 37.6. The fourth-order valence-electron chi connectivity index (χ4n) is 6.90. The van der Waals surface area contributed by atoms with Crippen LogP contribution in [0.4, 0.5) is 0 Å². The topological polar surface area (TPSA) is 108 Å². The lowest BCUT2D eigenvalue weighted by atomic mass is 10.0. The van der Waals surface area contributed by atoms with E-state index in [1.165, 1.54) is 167 Å². The number of quaternary nitrogens is 1. The molecule has 0 saturated heterocycles. The van der Waals surface area contributed by atoms with Crippen molar-refractivity contribution >= 4 is 19.8 Å². The van der Waals surface area contributed by atoms with Crippen molar-refractivity contribution in [2.24, 2.45) is 0 Å². The Morgan fingerprint density at radius 2 is 0.804 bits per heavy atom. The standard InChI is InChI=1S/C46H92NO8P/c1-6-8-10-12-14-16-18-19-20-21-22-23-24-25-26-27-28-29-31-32-34-36-38-45(48)52-42-44(43-54-56(50,51)53-41-40-47(3,4)5)55-46(49)39-37-35-33-30-17-15-13-11-9-7-2/h44H,6-43H2,1-5H3/p+1/t44-/m1/s1. The van der Waals surface area contributed by atoms with E-state index in [1.54, 1.807) is 0 Å². The highest BCUT2D eigenvalue weighted by Crippen LogP contribution is 2.43. The lowest BCUT2D eigenvalue weighted by Gasteiger charge is -2.24. The van der Waals surface area contributed by atoms with E-state index in [0.717, 1.165) is 32.1 Å². The molecule has 0 aromatic rings. The SMILES string of the molecule is CCCCCCCCCCCCCCCCCCCCCCCCC(=O)OC[C@H](COP(=O)(O)OCC[N+](C)(C)C)OC(=O)CCCCCCCCCCCC. The normalized spacial score (nSPS) is 13.5. The number of rotatable bonds is 44. The molecular weight excluding hydrogens is 725 g/mol. The summed E-state index contributed by atoms with van der Waals surface area (Å²) in [5, 5.41) is 0. The molecule has 0 aliphatic rings. The first-order chi connectivity index (χ1) is 27.0. The molecule has 334 valence electrons. The first-order valence-electron chi connectivity index (χ1n) is 23.8. The third kappa shape index (κ3) is 42.6. The molecule has 0 saturated carbocycles. The Labute approximate surface area is 346 Å². The summed E-state index contributed by atoms with van der Waals surface area (Å²) in [5.41, 5.74) is 0. The minimum absolute atomic E-state index is 0.0367. The lowest BCUT2D eigenvalue weighted by molar-refractivity contribution is -0.870. The minimum Gasteiger partial charge on any atom is -0.462 e. The Kier molecular flexibility index (Phi) is 38.8. The Morgan fingerprint density at radius 1 is 0.482 bits per heavy atom. The van der Waals surface area contributed by atoms with Crippen LogP contribution < -0.4 is 0 Å². The van der Waals surface area contributed by atoms with Crippen LogP contribution in [0.3, 0.4) is 0 Å². The third-order valence-corrected chi connectivity index (χ3v) is 11.6. The Morgan fingerprint density at radius 3 is 1.14 bits per heavy atom. The van der Waals surface area contributed by atoms with Gasteiger partial charge in [-0.3, -0.25) is 18.6 Å². The molecule has 1 N–H and O–H groups in total. The fraction of sp³-hybridized carbons (Fsp3) is 0.957. The van der Waals surface area contributed by atoms with E-state index in [2.05, 4.69) is 13.8 Å². The number of phosphoric acid groups is 1. The number of ether oxygens (including phenoxy) is 2. The zero-order valence-corrected chi connectivity index (χ0v) is 38.5. The highest BCUT2D eigenvalue weighted by Gasteiger charge is 2.27. The number of carbonyl (C=O) groups excluding carboxylic acids is 2. The van der Waals surface area contributed by atoms with E-state index in [9.17, 15) is 19.0 Å². The predicted octanol–water partition coefficient (Wildman–Crippen LogP) is 13.6. The van der Waals surface area contributed by atoms with Crippen molar-refractivity contribution in [1.82, 2.24) is 0 Å². The number of esters is 2. The van der Waals surface area contributed by atoms with Gasteiger partial charge in [-0.2, -0.15) is 0 Å². The van der Waals surface area contributed by atoms with Crippen LogP contribution in [0.25, 0.3) is 0 Å². The Bertz CT molecular complexity index is 927. The molecule has 10 heteroatoms. The number of likely N-dealkylation sites (N-methyl/N-ethyl adjacent to an activating group) is 1. The molecule has 0 radical (unpaired) electrons. The summed E-state index contributed by atoms with van der Waals surface area (Å²) in [6.07, 6.45) is 40.2. The summed E-state index contributed by atoms with van der Waals surface area (Å²) in [7, 11) is 1.49. The molecular formula is C46H93NO8P+. The fourth-order valence-corrected chi connectivity index (χ4v) is 7.64. The highest BCUT2D eigenvalue weighted by atomic mass is 31.2. The smallest absolute Gasteiger partial charge is 0.462 e. The second kappa shape index (κ2) is 39.5. The molecule has 1 unspecified atom stereocenters. The minimum atomic E-state index is -4.36. The van der Waals surface area contributed by atoms with Gasteiger partial charge in [-0.05, 0) is 12.8 Å². The summed E-state index contributed by atoms with van der Waals surface area (Å²) in [6, 6.07) is 0. The molecule has 2 atom stereocenters. The van der Waals surface area contributed by atoms with Gasteiger partial charge in [-0.25, -0.2) is 4.57 Å². The monoisotopic (exact) mass is 819 g/mol. The van der Waals surface area contributed by atoms with Crippen molar-refractivity contribution in [3.63, 3.8) is 0 Å². The molecule has 0 aliphatic carbocycles. The molecule has 0 rings (SSSR count). The zero-order chi connectivity index (χ0) is 41.4. The van der Waals surface area contributed by atoms with Crippen LogP contribution in [0.1, 0.15) is 232 Å². The summed E-state index contributed by atoms with van der Waals surface area (Å²) < 4.78 is 34.3. The van der Waals surface area contributed by atoms with Gasteiger partial charge in [0, 0.05) is 12.8 Å². The molecule has 0 bridgehead atoms. The van der Waals surface area contributed by atoms with Crippen molar-refractivity contribution < 1.29 is 42.1 Å². The van der Waals surface area contributed by atoms with Crippen LogP contribution in [0.5, 0.6) is 0 Å². The van der Waals surface area contributed by atoms with E-state index < -0.39 is 26.5 Å². The molecule has 0 heterocycles. The molecule has 0 spiro atoms. The van der Waals surface area contributed by atoms with Crippen LogP contribution in [-0.4, -0.2) is 74.9 Å². The maximum Gasteiger partial charge on any atom is 0.472 e. The van der Waals surface area contributed by atoms with Crippen molar-refractivity contribution in [3.8, 4) is 0 Å². The quantitative estimate of drug-likeness (QED) is 0.0280. The molecule has 0 amide bonds. The maximum absolute atomic E-state index is 12.6. The van der Waals surface area contributed by atoms with Gasteiger partial charge < -0.3 is 18.9 Å². The van der Waals surface area contributed by atoms with E-state index >= 15 is 0 Å². The van der Waals surface area contributed by atoms with Gasteiger partial charge >= 0.3 is 19.8 Å². The number of nitrogens with zero attached hydrogens (tertiary/aromatic N) is 1. The molecule has 0 aromatic carbocycles. The van der Waals surface area contributed by atoms with Crippen LogP contribution in [-0.2, 0) is 32.7 Å². The van der Waals surface area contributed by atoms with Crippen molar-refractivity contribution in [1.29, 1.82) is 0 Å². The van der Waals surface area contributed by atoms with Crippen molar-refractivity contribution in [3.05, 3.63) is 0 Å². The first-order valence-corrected chi connectivity index (χ1v) is 25.3. The number of unbranched alkanes of at least 4 members (excludes halogenated alkanes) is 30. The average molecular weight is 819 g/mol. The Hall–Kier alpha value is -0.990. The van der Waals surface area contributed by atoms with Crippen LogP contribution >= 0.6 is 7.82 Å². The van der Waals surface area contributed by atoms with E-state index in [-0.39, 0.29) is 25.6 Å². The summed E-state index contributed by atoms with van der Waals surface area (Å²) in [6.45, 7) is 4.45. The van der Waals surface area contributed by atoms with Gasteiger partial charge in [-0.1, -0.05) is 206 Å². The molecule has 9 nitrogen and oxygen atoms in total. The maximum atomic E-state index is 12.6. The number of phosphoric ester groups is 1. The molecule has 0 aromatic heterocycles. The van der Waals surface area contributed by atoms with Crippen molar-refractivity contribution in [2.45, 2.75) is 238 Å². The summed E-state index contributed by atoms with van der Waals surface area (Å²) >= 11 is 0. The van der Waals surface area contributed by atoms with Gasteiger partial charge in [0.2, 0.25) is 0 Å². The van der Waals surface area contributed by atoms with Gasteiger partial charge in [-0.15, -0.1) is 0 Å². The van der Waals surface area contributed by atoms with E-state index in [4.69, 9.17) is 18.5 Å². The second-order valence-corrected chi connectivity index (χ2v) is 19.0. The third-order valence-electron chi connectivity index (χ3n) is 10.6. The van der Waals surface area contributed by atoms with Crippen molar-refractivity contribution in [2.75, 3.05) is 47.5 Å². The van der Waals surface area contributed by atoms with Gasteiger partial charge in [0.1, 0.15) is 19.8 Å². The van der Waals surface area contributed by atoms with Gasteiger partial charge in [0.15, 0.2) is 6.10 Å². The van der Waals surface area contributed by atoms with Gasteiger partial charge in [0.25, 0.3) is 0 Å². The highest BCUT2D eigenvalue weighted by molar-refractivity contribution is 7.47. The summed E-state index contributed by atoms with van der Waals surface area (Å²) in [4.78, 5) is 35.3. The predicted molar refractivity (Wildman–Crippen MR) is 234 cm³/mol. The van der Waals surface area contributed by atoms with Crippen LogP contribution in [0.2, 0.25) is 0 Å². The lowest BCUT2D eigenvalue weighted by Crippen LogP contribution is -2.37. The van der Waals surface area contributed by atoms with Gasteiger partial charge in [0.05, 0.1) is 27.7 Å². The summed E-state index contributed by atoms with van der Waals surface area (Å²) in [5.74, 6) is -0.784. The second-order valence-electron chi connectivity index (χ2n) is 17.5. The average Bonchev–Trinajstić information content (AvgIpc) is 3.15. The number of hydrogen-bond donors (Lipinski definition) is 1. The Balaban J connectivity index is 4.12. The molecule has 56 heavy (non-hydrogen) atoms. The number of hydrogen-bond acceptors (Lipinski definition) is 7.